The molecule has 2 N–H and O–H groups in total. The number of anilines is 1. The molecule has 0 radical (unpaired) electrons. The van der Waals surface area contributed by atoms with Crippen molar-refractivity contribution in [3.8, 4) is 17.2 Å². The second kappa shape index (κ2) is 9.66. The third kappa shape index (κ3) is 4.98. The van der Waals surface area contributed by atoms with Crippen molar-refractivity contribution in [3.05, 3.63) is 57.0 Å². The summed E-state index contributed by atoms with van der Waals surface area (Å²) in [7, 11) is 3.02. The van der Waals surface area contributed by atoms with E-state index in [1.165, 1.54) is 20.3 Å². The summed E-state index contributed by atoms with van der Waals surface area (Å²) in [5, 5.41) is 23.0. The number of nitrogens with zero attached hydrogens (tertiary/aromatic N) is 2. The number of rotatable bonds is 7. The summed E-state index contributed by atoms with van der Waals surface area (Å²) < 4.78 is 10.6. The Bertz CT molecular complexity index is 1150. The number of nitrogens with one attached hydrogen (secondary N) is 1. The highest BCUT2D eigenvalue weighted by atomic mass is 32.2. The Morgan fingerprint density at radius 2 is 1.97 bits per heavy atom. The van der Waals surface area contributed by atoms with Crippen LogP contribution in [0.25, 0.3) is 6.08 Å². The molecule has 0 saturated carbocycles. The van der Waals surface area contributed by atoms with Crippen molar-refractivity contribution in [1.82, 2.24) is 4.90 Å². The average molecular weight is 476 g/mol. The van der Waals surface area contributed by atoms with E-state index >= 15 is 0 Å². The number of hydrogen-bond donors (Lipinski definition) is 2. The third-order valence-electron chi connectivity index (χ3n) is 4.35. The van der Waals surface area contributed by atoms with Gasteiger partial charge in [-0.25, -0.2) is 0 Å². The maximum absolute atomic E-state index is 12.8. The van der Waals surface area contributed by atoms with Gasteiger partial charge in [0.2, 0.25) is 5.91 Å². The summed E-state index contributed by atoms with van der Waals surface area (Å²) >= 11 is 6.28. The second-order valence-electron chi connectivity index (χ2n) is 6.39. The number of nitro benzene ring substituents is 1. The Kier molecular flexibility index (Phi) is 6.95. The zero-order valence-electron chi connectivity index (χ0n) is 16.9. The van der Waals surface area contributed by atoms with Gasteiger partial charge in [0.25, 0.3) is 11.6 Å². The molecule has 2 amide bonds. The summed E-state index contributed by atoms with van der Waals surface area (Å²) in [6.45, 7) is -0.385. The highest BCUT2D eigenvalue weighted by Crippen LogP contribution is 2.35. The average Bonchev–Trinajstić information content (AvgIpc) is 3.02. The van der Waals surface area contributed by atoms with Crippen LogP contribution in [0, 0.1) is 10.1 Å². The molecule has 10 nitrogen and oxygen atoms in total. The van der Waals surface area contributed by atoms with E-state index in [9.17, 15) is 24.8 Å². The number of phenolic OH excluding ortho intramolecular Hbond substituents is 1. The minimum atomic E-state index is -0.670. The lowest BCUT2D eigenvalue weighted by molar-refractivity contribution is -0.384. The standard InChI is InChI=1S/C20H17N3O7S2/c1-29-15-6-3-11(7-16(15)30-2)8-17-19(26)22(20(31)32-17)10-18(25)21-13-5-4-12(23(27)28)9-14(13)24/h3-9,24H,10H2,1-2H3,(H,21,25)/b17-8+. The first-order chi connectivity index (χ1) is 15.2. The predicted octanol–water partition coefficient (Wildman–Crippen LogP) is 3.16. The molecule has 166 valence electrons. The van der Waals surface area contributed by atoms with E-state index in [1.807, 2.05) is 0 Å². The Morgan fingerprint density at radius 3 is 2.59 bits per heavy atom. The van der Waals surface area contributed by atoms with E-state index in [1.54, 1.807) is 24.3 Å². The van der Waals surface area contributed by atoms with Crippen molar-refractivity contribution < 1.29 is 29.1 Å². The van der Waals surface area contributed by atoms with Gasteiger partial charge >= 0.3 is 0 Å². The van der Waals surface area contributed by atoms with Crippen LogP contribution in [-0.2, 0) is 9.59 Å². The molecular formula is C20H17N3O7S2. The monoisotopic (exact) mass is 475 g/mol. The van der Waals surface area contributed by atoms with E-state index in [0.717, 1.165) is 28.8 Å². The molecule has 0 spiro atoms. The number of hydrogen-bond acceptors (Lipinski definition) is 9. The molecule has 2 aromatic carbocycles. The zero-order chi connectivity index (χ0) is 23.4. The molecule has 12 heteroatoms. The molecule has 1 fully saturated rings. The molecule has 32 heavy (non-hydrogen) atoms. The van der Waals surface area contributed by atoms with Crippen LogP contribution in [-0.4, -0.2) is 51.8 Å². The van der Waals surface area contributed by atoms with Crippen LogP contribution in [0.4, 0.5) is 11.4 Å². The van der Waals surface area contributed by atoms with Crippen molar-refractivity contribution in [3.63, 3.8) is 0 Å². The van der Waals surface area contributed by atoms with Crippen LogP contribution in [0.2, 0.25) is 0 Å². The van der Waals surface area contributed by atoms with Gasteiger partial charge in [-0.15, -0.1) is 0 Å². The zero-order valence-corrected chi connectivity index (χ0v) is 18.5. The molecule has 0 aliphatic carbocycles. The van der Waals surface area contributed by atoms with Crippen LogP contribution < -0.4 is 14.8 Å². The number of ether oxygens (including phenoxy) is 2. The molecule has 0 bridgehead atoms. The number of thiocarbonyl (C=S) groups is 1. The number of phenols is 1. The summed E-state index contributed by atoms with van der Waals surface area (Å²) in [4.78, 5) is 36.7. The molecule has 1 saturated heterocycles. The summed E-state index contributed by atoms with van der Waals surface area (Å²) in [5.74, 6) is -0.496. The lowest BCUT2D eigenvalue weighted by Gasteiger charge is -2.14. The van der Waals surface area contributed by atoms with Gasteiger partial charge in [0.15, 0.2) is 11.5 Å². The van der Waals surface area contributed by atoms with E-state index in [4.69, 9.17) is 21.7 Å². The number of methoxy groups -OCH3 is 2. The largest absolute Gasteiger partial charge is 0.506 e. The summed E-state index contributed by atoms with van der Waals surface area (Å²) in [6.07, 6.45) is 1.63. The van der Waals surface area contributed by atoms with Crippen LogP contribution in [0.5, 0.6) is 17.2 Å². The second-order valence-corrected chi connectivity index (χ2v) is 8.06. The SMILES string of the molecule is COc1ccc(/C=C2/SC(=S)N(CC(=O)Nc3ccc([N+](=O)[O-])cc3O)C2=O)cc1OC. The van der Waals surface area contributed by atoms with Gasteiger partial charge in [0.1, 0.15) is 16.6 Å². The summed E-state index contributed by atoms with van der Waals surface area (Å²) in [6, 6.07) is 8.41. The molecule has 1 aliphatic rings. The quantitative estimate of drug-likeness (QED) is 0.204. The first-order valence-electron chi connectivity index (χ1n) is 8.98. The van der Waals surface area contributed by atoms with E-state index < -0.39 is 22.5 Å². The molecule has 3 rings (SSSR count). The molecule has 1 aliphatic heterocycles. The van der Waals surface area contributed by atoms with E-state index in [-0.39, 0.29) is 22.2 Å². The fourth-order valence-electron chi connectivity index (χ4n) is 2.80. The van der Waals surface area contributed by atoms with Gasteiger partial charge in [-0.2, -0.15) is 0 Å². The Balaban J connectivity index is 1.72. The number of non-ortho nitro benzene ring substituents is 1. The number of nitro groups is 1. The lowest BCUT2D eigenvalue weighted by atomic mass is 10.2. The molecule has 0 aromatic heterocycles. The topological polar surface area (TPSA) is 131 Å². The predicted molar refractivity (Wildman–Crippen MR) is 123 cm³/mol. The van der Waals surface area contributed by atoms with Crippen LogP contribution >= 0.6 is 24.0 Å². The maximum Gasteiger partial charge on any atom is 0.273 e. The van der Waals surface area contributed by atoms with Crippen molar-refractivity contribution in [2.45, 2.75) is 0 Å². The fraction of sp³-hybridized carbons (Fsp3) is 0.150. The highest BCUT2D eigenvalue weighted by molar-refractivity contribution is 8.26. The van der Waals surface area contributed by atoms with Crippen LogP contribution in [0.3, 0.4) is 0 Å². The molecular weight excluding hydrogens is 458 g/mol. The van der Waals surface area contributed by atoms with Gasteiger partial charge in [-0.3, -0.25) is 24.6 Å². The minimum absolute atomic E-state index is 0.0214. The van der Waals surface area contributed by atoms with Crippen molar-refractivity contribution in [2.75, 3.05) is 26.1 Å². The first kappa shape index (κ1) is 23.0. The molecule has 1 heterocycles. The maximum atomic E-state index is 12.8. The highest BCUT2D eigenvalue weighted by Gasteiger charge is 2.33. The fourth-order valence-corrected chi connectivity index (χ4v) is 4.06. The smallest absolute Gasteiger partial charge is 0.273 e. The molecule has 0 unspecified atom stereocenters. The number of aromatic hydroxyl groups is 1. The molecule has 2 aromatic rings. The third-order valence-corrected chi connectivity index (χ3v) is 5.72. The van der Waals surface area contributed by atoms with Crippen LogP contribution in [0.15, 0.2) is 41.3 Å². The van der Waals surface area contributed by atoms with Gasteiger partial charge in [-0.1, -0.05) is 30.0 Å². The number of carbonyl (C=O) groups is 2. The van der Waals surface area contributed by atoms with E-state index in [2.05, 4.69) is 5.32 Å². The van der Waals surface area contributed by atoms with Gasteiger partial charge in [-0.05, 0) is 29.8 Å². The van der Waals surface area contributed by atoms with Crippen molar-refractivity contribution >= 4 is 57.6 Å². The van der Waals surface area contributed by atoms with E-state index in [0.29, 0.717) is 22.0 Å². The van der Waals surface area contributed by atoms with Crippen molar-refractivity contribution in [1.29, 1.82) is 0 Å². The normalized spacial score (nSPS) is 14.6. The van der Waals surface area contributed by atoms with Gasteiger partial charge < -0.3 is 19.9 Å². The van der Waals surface area contributed by atoms with Crippen LogP contribution in [0.1, 0.15) is 5.56 Å². The lowest BCUT2D eigenvalue weighted by Crippen LogP contribution is -2.36. The summed E-state index contributed by atoms with van der Waals surface area (Å²) in [5.41, 5.74) is 0.341. The number of carbonyl (C=O) groups excluding carboxylic acids is 2. The van der Waals surface area contributed by atoms with Gasteiger partial charge in [0.05, 0.1) is 35.8 Å². The Morgan fingerprint density at radius 1 is 1.25 bits per heavy atom. The first-order valence-corrected chi connectivity index (χ1v) is 10.2. The Hall–Kier alpha value is -3.64. The van der Waals surface area contributed by atoms with Gasteiger partial charge in [0, 0.05) is 6.07 Å². The number of thioether (sulfide) groups is 1. The minimum Gasteiger partial charge on any atom is -0.506 e. The number of benzene rings is 2. The molecule has 0 atom stereocenters. The Labute approximate surface area is 192 Å². The number of amides is 2. The van der Waals surface area contributed by atoms with Crippen molar-refractivity contribution in [2.24, 2.45) is 0 Å².